The van der Waals surface area contributed by atoms with Crippen LogP contribution in [-0.2, 0) is 11.2 Å². The molecule has 6 heterocycles. The Hall–Kier alpha value is -3.70. The summed E-state index contributed by atoms with van der Waals surface area (Å²) in [5.74, 6) is -0.565. The number of phenolic OH excluding ortho intramolecular Hbond substituents is 1. The molecular formula is C34H38F3N5O3. The van der Waals surface area contributed by atoms with Crippen molar-refractivity contribution in [1.29, 1.82) is 0 Å². The van der Waals surface area contributed by atoms with E-state index in [1.807, 2.05) is 6.92 Å². The summed E-state index contributed by atoms with van der Waals surface area (Å²) in [7, 11) is 1.44. The Kier molecular flexibility index (Phi) is 7.93. The molecule has 1 unspecified atom stereocenters. The molecule has 1 spiro atoms. The lowest BCUT2D eigenvalue weighted by Gasteiger charge is -2.47. The first-order chi connectivity index (χ1) is 21.8. The van der Waals surface area contributed by atoms with E-state index < -0.39 is 12.0 Å². The molecule has 11 heteroatoms. The van der Waals surface area contributed by atoms with E-state index in [2.05, 4.69) is 24.8 Å². The van der Waals surface area contributed by atoms with Gasteiger partial charge in [-0.3, -0.25) is 9.88 Å². The molecular weight excluding hydrogens is 583 g/mol. The van der Waals surface area contributed by atoms with Crippen LogP contribution in [0, 0.1) is 11.6 Å². The smallest absolute Gasteiger partial charge is 0.318 e. The number of benzene rings is 2. The van der Waals surface area contributed by atoms with Crippen LogP contribution >= 0.6 is 0 Å². The molecule has 2 aromatic carbocycles. The lowest BCUT2D eigenvalue weighted by atomic mass is 9.84. The second-order valence-corrected chi connectivity index (χ2v) is 12.6. The number of fused-ring (bicyclic) bond motifs is 3. The second-order valence-electron chi connectivity index (χ2n) is 12.6. The van der Waals surface area contributed by atoms with E-state index in [1.165, 1.54) is 38.2 Å². The molecule has 4 aliphatic rings. The summed E-state index contributed by atoms with van der Waals surface area (Å²) in [4.78, 5) is 17.7. The molecule has 0 saturated carbocycles. The highest BCUT2D eigenvalue weighted by Crippen LogP contribution is 2.41. The third-order valence-electron chi connectivity index (χ3n) is 9.99. The Balaban J connectivity index is 0.000000308. The number of pyridine rings is 1. The highest BCUT2D eigenvalue weighted by Gasteiger charge is 2.42. The van der Waals surface area contributed by atoms with Gasteiger partial charge < -0.3 is 19.5 Å². The zero-order valence-electron chi connectivity index (χ0n) is 25.7. The highest BCUT2D eigenvalue weighted by molar-refractivity contribution is 6.01. The number of nitrogens with zero attached hydrogens (tertiary/aromatic N) is 5. The molecule has 0 bridgehead atoms. The van der Waals surface area contributed by atoms with Crippen molar-refractivity contribution in [3.63, 3.8) is 0 Å². The molecule has 4 aliphatic heterocycles. The molecule has 0 amide bonds. The minimum atomic E-state index is -0.677. The molecule has 238 valence electrons. The normalized spacial score (nSPS) is 22.4. The second kappa shape index (κ2) is 11.9. The van der Waals surface area contributed by atoms with E-state index in [4.69, 9.17) is 9.47 Å². The number of phenols is 1. The van der Waals surface area contributed by atoms with Crippen molar-refractivity contribution in [2.24, 2.45) is 0 Å². The van der Waals surface area contributed by atoms with Gasteiger partial charge in [0.2, 0.25) is 0 Å². The van der Waals surface area contributed by atoms with Gasteiger partial charge in [-0.2, -0.15) is 9.97 Å². The average Bonchev–Trinajstić information content (AvgIpc) is 3.61. The maximum absolute atomic E-state index is 16.2. The molecule has 8 rings (SSSR count). The molecule has 2 atom stereocenters. The monoisotopic (exact) mass is 621 g/mol. The van der Waals surface area contributed by atoms with Gasteiger partial charge in [-0.25, -0.2) is 13.2 Å². The van der Waals surface area contributed by atoms with E-state index in [0.717, 1.165) is 51.9 Å². The number of alkyl halides is 1. The summed E-state index contributed by atoms with van der Waals surface area (Å²) in [5, 5.41) is 12.0. The Morgan fingerprint density at radius 2 is 1.91 bits per heavy atom. The molecule has 4 fully saturated rings. The van der Waals surface area contributed by atoms with Crippen LogP contribution in [0.1, 0.15) is 51.0 Å². The first-order valence-electron chi connectivity index (χ1n) is 15.9. The van der Waals surface area contributed by atoms with E-state index in [1.54, 1.807) is 12.3 Å². The lowest BCUT2D eigenvalue weighted by molar-refractivity contribution is -0.158. The topological polar surface area (TPSA) is 83.8 Å². The van der Waals surface area contributed by atoms with Crippen molar-refractivity contribution >= 4 is 27.5 Å². The number of piperidine rings is 1. The van der Waals surface area contributed by atoms with Crippen molar-refractivity contribution in [2.75, 3.05) is 44.8 Å². The van der Waals surface area contributed by atoms with Gasteiger partial charge in [0.05, 0.1) is 24.7 Å². The number of halogens is 3. The van der Waals surface area contributed by atoms with E-state index in [-0.39, 0.29) is 34.4 Å². The standard InChI is InChI=1S/C27H26F2N4O3.C7H12FN/c1-3-17-20(28)5-4-15-12-16(34)13-18(21(15)17)23-22(29)24-19(14-30-23)25(32-26(31-24)35-2)33-9-6-27(7-10-33)8-11-36-27;8-6-4-7-2-1-3-9(7)5-6/h4-5,12-14,34H,3,6-11H2,1-2H3;6-7H,1-5H2/t;6-,7?/m.1/s1. The van der Waals surface area contributed by atoms with Gasteiger partial charge in [-0.15, -0.1) is 0 Å². The fourth-order valence-corrected chi connectivity index (χ4v) is 7.51. The number of ether oxygens (including phenoxy) is 2. The van der Waals surface area contributed by atoms with Gasteiger partial charge in [0.1, 0.15) is 34.8 Å². The molecule has 0 aliphatic carbocycles. The SMILES string of the molecule is CCc1c(F)ccc2cc(O)cc(-c3ncc4c(N5CCC6(CCO6)CC5)nc(OC)nc4c3F)c12.F[C@@H]1CC2CCCN2C1. The van der Waals surface area contributed by atoms with Gasteiger partial charge in [-0.05, 0) is 86.0 Å². The van der Waals surface area contributed by atoms with E-state index in [0.29, 0.717) is 52.1 Å². The molecule has 4 saturated heterocycles. The van der Waals surface area contributed by atoms with Crippen molar-refractivity contribution in [3.05, 3.63) is 47.7 Å². The van der Waals surface area contributed by atoms with Crippen LogP contribution in [0.2, 0.25) is 0 Å². The Morgan fingerprint density at radius 1 is 1.11 bits per heavy atom. The summed E-state index contributed by atoms with van der Waals surface area (Å²) < 4.78 is 54.6. The van der Waals surface area contributed by atoms with Gasteiger partial charge in [0, 0.05) is 37.4 Å². The summed E-state index contributed by atoms with van der Waals surface area (Å²) in [5.41, 5.74) is 0.749. The maximum Gasteiger partial charge on any atom is 0.318 e. The molecule has 45 heavy (non-hydrogen) atoms. The minimum absolute atomic E-state index is 0.0177. The van der Waals surface area contributed by atoms with Gasteiger partial charge in [-0.1, -0.05) is 13.0 Å². The zero-order chi connectivity index (χ0) is 31.3. The number of rotatable bonds is 4. The van der Waals surface area contributed by atoms with Crippen LogP contribution in [0.15, 0.2) is 30.5 Å². The maximum atomic E-state index is 16.2. The molecule has 8 nitrogen and oxygen atoms in total. The molecule has 2 aromatic heterocycles. The van der Waals surface area contributed by atoms with E-state index >= 15 is 4.39 Å². The number of aromatic hydroxyl groups is 1. The fourth-order valence-electron chi connectivity index (χ4n) is 7.51. The Morgan fingerprint density at radius 3 is 2.60 bits per heavy atom. The third kappa shape index (κ3) is 5.43. The first kappa shape index (κ1) is 30.0. The quantitative estimate of drug-likeness (QED) is 0.282. The summed E-state index contributed by atoms with van der Waals surface area (Å²) in [6.07, 6.45) is 7.56. The molecule has 0 radical (unpaired) electrons. The number of anilines is 1. The van der Waals surface area contributed by atoms with Gasteiger partial charge in [0.15, 0.2) is 5.82 Å². The predicted octanol–water partition coefficient (Wildman–Crippen LogP) is 6.35. The molecule has 4 aromatic rings. The number of aryl methyl sites for hydroxylation is 1. The van der Waals surface area contributed by atoms with Crippen LogP contribution in [0.3, 0.4) is 0 Å². The fraction of sp³-hybridized carbons (Fsp3) is 0.500. The van der Waals surface area contributed by atoms with E-state index in [9.17, 15) is 13.9 Å². The van der Waals surface area contributed by atoms with Crippen molar-refractivity contribution < 1.29 is 27.8 Å². The number of methoxy groups -OCH3 is 1. The van der Waals surface area contributed by atoms with Crippen LogP contribution in [0.5, 0.6) is 11.8 Å². The van der Waals surface area contributed by atoms with Gasteiger partial charge >= 0.3 is 6.01 Å². The van der Waals surface area contributed by atoms with Crippen molar-refractivity contribution in [3.8, 4) is 23.0 Å². The van der Waals surface area contributed by atoms with Crippen molar-refractivity contribution in [2.45, 2.75) is 69.7 Å². The summed E-state index contributed by atoms with van der Waals surface area (Å²) >= 11 is 0. The van der Waals surface area contributed by atoms with Crippen molar-refractivity contribution in [1.82, 2.24) is 19.9 Å². The van der Waals surface area contributed by atoms with Crippen LogP contribution in [0.25, 0.3) is 32.9 Å². The number of hydrogen-bond acceptors (Lipinski definition) is 8. The van der Waals surface area contributed by atoms with Crippen LogP contribution in [0.4, 0.5) is 19.0 Å². The number of aromatic nitrogens is 3. The van der Waals surface area contributed by atoms with Crippen LogP contribution < -0.4 is 9.64 Å². The zero-order valence-corrected chi connectivity index (χ0v) is 25.7. The Bertz CT molecular complexity index is 1730. The first-order valence-corrected chi connectivity index (χ1v) is 15.9. The van der Waals surface area contributed by atoms with Crippen LogP contribution in [-0.4, -0.2) is 82.7 Å². The summed E-state index contributed by atoms with van der Waals surface area (Å²) in [6.45, 7) is 5.93. The predicted molar refractivity (Wildman–Crippen MR) is 167 cm³/mol. The highest BCUT2D eigenvalue weighted by atomic mass is 19.1. The molecule has 1 N–H and O–H groups in total. The van der Waals surface area contributed by atoms with Gasteiger partial charge in [0.25, 0.3) is 0 Å². The Labute approximate surface area is 260 Å². The largest absolute Gasteiger partial charge is 0.508 e. The minimum Gasteiger partial charge on any atom is -0.508 e. The summed E-state index contributed by atoms with van der Waals surface area (Å²) in [6, 6.07) is 6.55. The lowest BCUT2D eigenvalue weighted by Crippen LogP contribution is -2.52. The average molecular weight is 622 g/mol. The third-order valence-corrected chi connectivity index (χ3v) is 9.99. The number of hydrogen-bond donors (Lipinski definition) is 1.